The summed E-state index contributed by atoms with van der Waals surface area (Å²) in [5, 5.41) is 0. The Balaban J connectivity index is 1.92. The lowest BCUT2D eigenvalue weighted by Gasteiger charge is -2.00. The van der Waals surface area contributed by atoms with Crippen LogP contribution in [0.15, 0.2) is 48.5 Å². The van der Waals surface area contributed by atoms with E-state index in [4.69, 9.17) is 5.73 Å². The summed E-state index contributed by atoms with van der Waals surface area (Å²) < 4.78 is 0. The number of carbonyl (C=O) groups excluding carboxylic acids is 1. The van der Waals surface area contributed by atoms with Crippen LogP contribution in [-0.4, -0.2) is 15.9 Å². The molecule has 3 N–H and O–H groups in total. The molecule has 1 heterocycles. The molecule has 0 radical (unpaired) electrons. The van der Waals surface area contributed by atoms with E-state index >= 15 is 0 Å². The van der Waals surface area contributed by atoms with Crippen LogP contribution in [-0.2, 0) is 6.42 Å². The zero-order valence-corrected chi connectivity index (χ0v) is 10.3. The first-order valence-electron chi connectivity index (χ1n) is 6.05. The van der Waals surface area contributed by atoms with Gasteiger partial charge in [0.1, 0.15) is 5.82 Å². The average Bonchev–Trinajstić information content (AvgIpc) is 2.81. The number of aromatic nitrogens is 2. The highest BCUT2D eigenvalue weighted by Crippen LogP contribution is 2.14. The number of hydrogen-bond acceptors (Lipinski definition) is 2. The van der Waals surface area contributed by atoms with Crippen LogP contribution in [0, 0.1) is 0 Å². The van der Waals surface area contributed by atoms with Gasteiger partial charge in [-0.3, -0.25) is 4.79 Å². The van der Waals surface area contributed by atoms with Gasteiger partial charge in [0.25, 0.3) is 0 Å². The number of benzene rings is 2. The maximum Gasteiger partial charge on any atom is 0.248 e. The van der Waals surface area contributed by atoms with Crippen molar-refractivity contribution in [1.82, 2.24) is 9.97 Å². The summed E-state index contributed by atoms with van der Waals surface area (Å²) in [4.78, 5) is 18.9. The Morgan fingerprint density at radius 1 is 1.16 bits per heavy atom. The third kappa shape index (κ3) is 2.33. The second kappa shape index (κ2) is 4.57. The smallest absolute Gasteiger partial charge is 0.248 e. The van der Waals surface area contributed by atoms with Crippen molar-refractivity contribution in [3.63, 3.8) is 0 Å². The summed E-state index contributed by atoms with van der Waals surface area (Å²) in [7, 11) is 0. The van der Waals surface area contributed by atoms with Crippen LogP contribution in [0.3, 0.4) is 0 Å². The van der Waals surface area contributed by atoms with Gasteiger partial charge in [-0.15, -0.1) is 0 Å². The van der Waals surface area contributed by atoms with Crippen LogP contribution < -0.4 is 5.73 Å². The fourth-order valence-electron chi connectivity index (χ4n) is 2.12. The maximum atomic E-state index is 11.1. The third-order valence-corrected chi connectivity index (χ3v) is 3.02. The van der Waals surface area contributed by atoms with E-state index in [0.717, 1.165) is 22.4 Å². The molecule has 3 aromatic rings. The predicted octanol–water partition coefficient (Wildman–Crippen LogP) is 2.25. The van der Waals surface area contributed by atoms with Crippen LogP contribution >= 0.6 is 0 Å². The van der Waals surface area contributed by atoms with Crippen molar-refractivity contribution in [2.45, 2.75) is 6.42 Å². The summed E-state index contributed by atoms with van der Waals surface area (Å²) in [5.74, 6) is 0.467. The van der Waals surface area contributed by atoms with Crippen LogP contribution in [0.4, 0.5) is 0 Å². The largest absolute Gasteiger partial charge is 0.366 e. The number of nitrogens with one attached hydrogen (secondary N) is 1. The number of para-hydroxylation sites is 2. The average molecular weight is 251 g/mol. The molecule has 0 atom stereocenters. The van der Waals surface area contributed by atoms with E-state index in [1.54, 1.807) is 12.1 Å². The lowest BCUT2D eigenvalue weighted by molar-refractivity contribution is 0.1000. The van der Waals surface area contributed by atoms with Crippen molar-refractivity contribution in [2.75, 3.05) is 0 Å². The Hall–Kier alpha value is -2.62. The van der Waals surface area contributed by atoms with E-state index in [9.17, 15) is 4.79 Å². The first kappa shape index (κ1) is 11.5. The number of primary amides is 1. The van der Waals surface area contributed by atoms with Gasteiger partial charge in [-0.1, -0.05) is 24.3 Å². The monoisotopic (exact) mass is 251 g/mol. The maximum absolute atomic E-state index is 11.1. The Labute approximate surface area is 110 Å². The molecule has 4 nitrogen and oxygen atoms in total. The first-order valence-corrected chi connectivity index (χ1v) is 6.05. The molecule has 4 heteroatoms. The van der Waals surface area contributed by atoms with E-state index < -0.39 is 5.91 Å². The van der Waals surface area contributed by atoms with Crippen molar-refractivity contribution in [3.05, 3.63) is 65.5 Å². The van der Waals surface area contributed by atoms with E-state index in [-0.39, 0.29) is 0 Å². The number of imidazole rings is 1. The Morgan fingerprint density at radius 2 is 2.00 bits per heavy atom. The van der Waals surface area contributed by atoms with Crippen molar-refractivity contribution in [3.8, 4) is 0 Å². The Morgan fingerprint density at radius 3 is 2.79 bits per heavy atom. The number of H-pyrrole nitrogens is 1. The molecule has 0 aliphatic rings. The number of fused-ring (bicyclic) bond motifs is 1. The van der Waals surface area contributed by atoms with Crippen molar-refractivity contribution in [1.29, 1.82) is 0 Å². The van der Waals surface area contributed by atoms with E-state index in [1.807, 2.05) is 36.4 Å². The summed E-state index contributed by atoms with van der Waals surface area (Å²) in [5.41, 5.74) is 8.77. The topological polar surface area (TPSA) is 71.8 Å². The minimum Gasteiger partial charge on any atom is -0.366 e. The molecule has 0 spiro atoms. The SMILES string of the molecule is NC(=O)c1cccc(Cc2nc3ccccc3[nH]2)c1. The highest BCUT2D eigenvalue weighted by Gasteiger charge is 2.05. The molecule has 0 bridgehead atoms. The molecular formula is C15H13N3O. The van der Waals surface area contributed by atoms with Gasteiger partial charge in [0.2, 0.25) is 5.91 Å². The second-order valence-corrected chi connectivity index (χ2v) is 4.44. The van der Waals surface area contributed by atoms with Crippen molar-refractivity contribution >= 4 is 16.9 Å². The van der Waals surface area contributed by atoms with Crippen LogP contribution in [0.2, 0.25) is 0 Å². The number of amides is 1. The van der Waals surface area contributed by atoms with Gasteiger partial charge in [0.05, 0.1) is 11.0 Å². The Bertz CT molecular complexity index is 713. The molecule has 0 unspecified atom stereocenters. The predicted molar refractivity (Wildman–Crippen MR) is 73.9 cm³/mol. The molecule has 1 amide bonds. The minimum atomic E-state index is -0.411. The first-order chi connectivity index (χ1) is 9.22. The quantitative estimate of drug-likeness (QED) is 0.749. The molecule has 0 saturated heterocycles. The summed E-state index contributed by atoms with van der Waals surface area (Å²) in [6, 6.07) is 15.2. The van der Waals surface area contributed by atoms with Gasteiger partial charge >= 0.3 is 0 Å². The molecule has 2 aromatic carbocycles. The minimum absolute atomic E-state index is 0.411. The normalized spacial score (nSPS) is 10.7. The number of hydrogen-bond donors (Lipinski definition) is 2. The highest BCUT2D eigenvalue weighted by atomic mass is 16.1. The van der Waals surface area contributed by atoms with Gasteiger partial charge in [-0.2, -0.15) is 0 Å². The summed E-state index contributed by atoms with van der Waals surface area (Å²) >= 11 is 0. The standard InChI is InChI=1S/C15H13N3O/c16-15(19)11-5-3-4-10(8-11)9-14-17-12-6-1-2-7-13(12)18-14/h1-8H,9H2,(H2,16,19)(H,17,18). The molecule has 0 aliphatic carbocycles. The van der Waals surface area contributed by atoms with Crippen LogP contribution in [0.1, 0.15) is 21.7 Å². The highest BCUT2D eigenvalue weighted by molar-refractivity contribution is 5.92. The van der Waals surface area contributed by atoms with Gasteiger partial charge in [-0.25, -0.2) is 4.98 Å². The van der Waals surface area contributed by atoms with Crippen molar-refractivity contribution in [2.24, 2.45) is 5.73 Å². The number of rotatable bonds is 3. The molecule has 0 saturated carbocycles. The van der Waals surface area contributed by atoms with Gasteiger partial charge < -0.3 is 10.7 Å². The Kier molecular flexibility index (Phi) is 2.76. The molecule has 0 fully saturated rings. The number of carbonyl (C=O) groups is 1. The lowest BCUT2D eigenvalue weighted by atomic mass is 10.1. The number of nitrogens with zero attached hydrogens (tertiary/aromatic N) is 1. The fraction of sp³-hybridized carbons (Fsp3) is 0.0667. The molecule has 94 valence electrons. The number of aromatic amines is 1. The zero-order valence-electron chi connectivity index (χ0n) is 10.3. The van der Waals surface area contributed by atoms with E-state index in [0.29, 0.717) is 12.0 Å². The van der Waals surface area contributed by atoms with Gasteiger partial charge in [-0.05, 0) is 29.8 Å². The van der Waals surface area contributed by atoms with Crippen LogP contribution in [0.5, 0.6) is 0 Å². The molecular weight excluding hydrogens is 238 g/mol. The molecule has 0 aliphatic heterocycles. The summed E-state index contributed by atoms with van der Waals surface area (Å²) in [6.07, 6.45) is 0.649. The lowest BCUT2D eigenvalue weighted by Crippen LogP contribution is -2.11. The van der Waals surface area contributed by atoms with E-state index in [2.05, 4.69) is 9.97 Å². The summed E-state index contributed by atoms with van der Waals surface area (Å²) in [6.45, 7) is 0. The third-order valence-electron chi connectivity index (χ3n) is 3.02. The van der Waals surface area contributed by atoms with Gasteiger partial charge in [0.15, 0.2) is 0 Å². The number of nitrogens with two attached hydrogens (primary N) is 1. The fourth-order valence-corrected chi connectivity index (χ4v) is 2.12. The van der Waals surface area contributed by atoms with Crippen molar-refractivity contribution < 1.29 is 4.79 Å². The van der Waals surface area contributed by atoms with E-state index in [1.165, 1.54) is 0 Å². The zero-order chi connectivity index (χ0) is 13.2. The van der Waals surface area contributed by atoms with Crippen LogP contribution in [0.25, 0.3) is 11.0 Å². The molecule has 19 heavy (non-hydrogen) atoms. The van der Waals surface area contributed by atoms with Gasteiger partial charge in [0, 0.05) is 12.0 Å². The molecule has 1 aromatic heterocycles. The second-order valence-electron chi connectivity index (χ2n) is 4.44. The molecule has 3 rings (SSSR count).